The van der Waals surface area contributed by atoms with Gasteiger partial charge in [0.25, 0.3) is 0 Å². The highest BCUT2D eigenvalue weighted by molar-refractivity contribution is 7.98. The minimum atomic E-state index is 0.0997. The van der Waals surface area contributed by atoms with Gasteiger partial charge in [0.15, 0.2) is 0 Å². The molecule has 2 aromatic carbocycles. The molecule has 1 heterocycles. The van der Waals surface area contributed by atoms with Gasteiger partial charge in [0.2, 0.25) is 5.91 Å². The minimum Gasteiger partial charge on any atom is -0.497 e. The van der Waals surface area contributed by atoms with Gasteiger partial charge in [-0.05, 0) is 67.8 Å². The Kier molecular flexibility index (Phi) is 9.10. The number of carbonyl (C=O) groups is 1. The molecule has 1 N–H and O–H groups in total. The molecule has 0 radical (unpaired) electrons. The fraction of sp³-hybridized carbons (Fsp3) is 0.480. The van der Waals surface area contributed by atoms with Crippen molar-refractivity contribution in [2.24, 2.45) is 5.92 Å². The Morgan fingerprint density at radius 3 is 2.84 bits per heavy atom. The highest BCUT2D eigenvalue weighted by Crippen LogP contribution is 2.25. The molecule has 1 saturated heterocycles. The van der Waals surface area contributed by atoms with Gasteiger partial charge >= 0.3 is 0 Å². The standard InChI is InChI=1S/C25H34N2O3S/c1-29-22-11-10-21(24(15-22)30-2)16-26-25(28)12-9-19-7-5-13-27(17-19)18-20-6-4-8-23(14-20)31-3/h4,6,8,10-11,14-15,19H,5,7,9,12-13,16-18H2,1-3H3,(H,26,28). The van der Waals surface area contributed by atoms with Crippen molar-refractivity contribution >= 4 is 17.7 Å². The van der Waals surface area contributed by atoms with E-state index in [0.29, 0.717) is 18.9 Å². The van der Waals surface area contributed by atoms with Gasteiger partial charge in [0, 0.05) is 42.6 Å². The second-order valence-corrected chi connectivity index (χ2v) is 8.97. The second-order valence-electron chi connectivity index (χ2n) is 8.09. The number of methoxy groups -OCH3 is 2. The molecule has 1 aliphatic rings. The lowest BCUT2D eigenvalue weighted by atomic mass is 9.93. The normalized spacial score (nSPS) is 16.7. The number of hydrogen-bond donors (Lipinski definition) is 1. The molecule has 6 heteroatoms. The van der Waals surface area contributed by atoms with Crippen LogP contribution in [0.25, 0.3) is 0 Å². The number of rotatable bonds is 10. The number of amides is 1. The van der Waals surface area contributed by atoms with Gasteiger partial charge < -0.3 is 14.8 Å². The third kappa shape index (κ3) is 7.18. The zero-order valence-corrected chi connectivity index (χ0v) is 19.7. The first-order chi connectivity index (χ1) is 15.1. The van der Waals surface area contributed by atoms with E-state index in [1.165, 1.54) is 23.3 Å². The maximum Gasteiger partial charge on any atom is 0.220 e. The molecule has 31 heavy (non-hydrogen) atoms. The molecule has 1 amide bonds. The lowest BCUT2D eigenvalue weighted by molar-refractivity contribution is -0.121. The van der Waals surface area contributed by atoms with E-state index in [2.05, 4.69) is 40.7 Å². The molecule has 1 unspecified atom stereocenters. The molecule has 0 bridgehead atoms. The summed E-state index contributed by atoms with van der Waals surface area (Å²) in [5.41, 5.74) is 2.33. The largest absolute Gasteiger partial charge is 0.497 e. The van der Waals surface area contributed by atoms with E-state index in [1.54, 1.807) is 26.0 Å². The molecule has 0 spiro atoms. The van der Waals surface area contributed by atoms with E-state index in [1.807, 2.05) is 18.2 Å². The molecule has 2 aromatic rings. The van der Waals surface area contributed by atoms with Gasteiger partial charge in [-0.1, -0.05) is 12.1 Å². The van der Waals surface area contributed by atoms with Crippen LogP contribution in [0.5, 0.6) is 11.5 Å². The Morgan fingerprint density at radius 1 is 1.19 bits per heavy atom. The third-order valence-corrected chi connectivity index (χ3v) is 6.62. The van der Waals surface area contributed by atoms with Crippen molar-refractivity contribution in [2.75, 3.05) is 33.6 Å². The van der Waals surface area contributed by atoms with E-state index in [-0.39, 0.29) is 5.91 Å². The van der Waals surface area contributed by atoms with Crippen molar-refractivity contribution in [1.29, 1.82) is 0 Å². The van der Waals surface area contributed by atoms with Crippen molar-refractivity contribution < 1.29 is 14.3 Å². The predicted octanol–water partition coefficient (Wildman–Crippen LogP) is 4.73. The molecule has 1 aliphatic heterocycles. The van der Waals surface area contributed by atoms with Gasteiger partial charge in [0.05, 0.1) is 14.2 Å². The highest BCUT2D eigenvalue weighted by Gasteiger charge is 2.21. The maximum atomic E-state index is 12.4. The Morgan fingerprint density at radius 2 is 2.06 bits per heavy atom. The van der Waals surface area contributed by atoms with E-state index < -0.39 is 0 Å². The van der Waals surface area contributed by atoms with Crippen LogP contribution in [0.3, 0.4) is 0 Å². The quantitative estimate of drug-likeness (QED) is 0.539. The van der Waals surface area contributed by atoms with Crippen LogP contribution in [0.1, 0.15) is 36.8 Å². The topological polar surface area (TPSA) is 50.8 Å². The van der Waals surface area contributed by atoms with E-state index in [4.69, 9.17) is 9.47 Å². The second kappa shape index (κ2) is 12.0. The summed E-state index contributed by atoms with van der Waals surface area (Å²) < 4.78 is 10.6. The number of hydrogen-bond acceptors (Lipinski definition) is 5. The van der Waals surface area contributed by atoms with E-state index >= 15 is 0 Å². The molecule has 1 atom stereocenters. The number of ether oxygens (including phenoxy) is 2. The van der Waals surface area contributed by atoms with Crippen LogP contribution in [0.4, 0.5) is 0 Å². The molecule has 0 aromatic heterocycles. The van der Waals surface area contributed by atoms with Crippen LogP contribution in [0.15, 0.2) is 47.4 Å². The average Bonchev–Trinajstić information content (AvgIpc) is 2.81. The Hall–Kier alpha value is -2.18. The number of nitrogens with one attached hydrogen (secondary N) is 1. The first kappa shape index (κ1) is 23.5. The fourth-order valence-corrected chi connectivity index (χ4v) is 4.66. The fourth-order valence-electron chi connectivity index (χ4n) is 4.17. The lowest BCUT2D eigenvalue weighted by Gasteiger charge is -2.32. The van der Waals surface area contributed by atoms with Gasteiger partial charge in [-0.2, -0.15) is 0 Å². The first-order valence-corrected chi connectivity index (χ1v) is 12.2. The summed E-state index contributed by atoms with van der Waals surface area (Å²) >= 11 is 1.79. The van der Waals surface area contributed by atoms with Crippen molar-refractivity contribution in [3.05, 3.63) is 53.6 Å². The monoisotopic (exact) mass is 442 g/mol. The zero-order chi connectivity index (χ0) is 22.1. The summed E-state index contributed by atoms with van der Waals surface area (Å²) in [6, 6.07) is 14.5. The van der Waals surface area contributed by atoms with Crippen molar-refractivity contribution in [1.82, 2.24) is 10.2 Å². The molecular formula is C25H34N2O3S. The molecule has 1 fully saturated rings. The Bertz CT molecular complexity index is 858. The van der Waals surface area contributed by atoms with Gasteiger partial charge in [0.1, 0.15) is 11.5 Å². The van der Waals surface area contributed by atoms with Crippen LogP contribution in [-0.4, -0.2) is 44.4 Å². The Labute approximate surface area is 190 Å². The molecular weight excluding hydrogens is 408 g/mol. The third-order valence-electron chi connectivity index (χ3n) is 5.89. The van der Waals surface area contributed by atoms with Crippen LogP contribution in [0, 0.1) is 5.92 Å². The minimum absolute atomic E-state index is 0.0997. The van der Waals surface area contributed by atoms with Gasteiger partial charge in [-0.25, -0.2) is 0 Å². The average molecular weight is 443 g/mol. The summed E-state index contributed by atoms with van der Waals surface area (Å²) in [7, 11) is 3.26. The highest BCUT2D eigenvalue weighted by atomic mass is 32.2. The summed E-state index contributed by atoms with van der Waals surface area (Å²) in [4.78, 5) is 16.3. The van der Waals surface area contributed by atoms with Crippen LogP contribution >= 0.6 is 11.8 Å². The molecule has 5 nitrogen and oxygen atoms in total. The van der Waals surface area contributed by atoms with Crippen LogP contribution in [0.2, 0.25) is 0 Å². The molecule has 168 valence electrons. The molecule has 3 rings (SSSR count). The van der Waals surface area contributed by atoms with E-state index in [0.717, 1.165) is 43.1 Å². The van der Waals surface area contributed by atoms with Crippen LogP contribution < -0.4 is 14.8 Å². The van der Waals surface area contributed by atoms with Gasteiger partial charge in [-0.3, -0.25) is 9.69 Å². The zero-order valence-electron chi connectivity index (χ0n) is 18.9. The lowest BCUT2D eigenvalue weighted by Crippen LogP contribution is -2.35. The van der Waals surface area contributed by atoms with Crippen molar-refractivity contribution in [3.63, 3.8) is 0 Å². The first-order valence-electron chi connectivity index (χ1n) is 10.9. The number of thioether (sulfide) groups is 1. The van der Waals surface area contributed by atoms with Crippen LogP contribution in [-0.2, 0) is 17.9 Å². The smallest absolute Gasteiger partial charge is 0.220 e. The van der Waals surface area contributed by atoms with Crippen molar-refractivity contribution in [3.8, 4) is 11.5 Å². The van der Waals surface area contributed by atoms with E-state index in [9.17, 15) is 4.79 Å². The summed E-state index contributed by atoms with van der Waals surface area (Å²) in [5, 5.41) is 3.04. The number of carbonyl (C=O) groups excluding carboxylic acids is 1. The summed E-state index contributed by atoms with van der Waals surface area (Å²) in [6.45, 7) is 3.68. The van der Waals surface area contributed by atoms with Gasteiger partial charge in [-0.15, -0.1) is 11.8 Å². The number of likely N-dealkylation sites (tertiary alicyclic amines) is 1. The summed E-state index contributed by atoms with van der Waals surface area (Å²) in [6.07, 6.45) is 6.04. The Balaban J connectivity index is 1.43. The molecule has 0 saturated carbocycles. The number of nitrogens with zero attached hydrogens (tertiary/aromatic N) is 1. The molecule has 0 aliphatic carbocycles. The predicted molar refractivity (Wildman–Crippen MR) is 127 cm³/mol. The maximum absolute atomic E-state index is 12.4. The van der Waals surface area contributed by atoms with Crippen molar-refractivity contribution in [2.45, 2.75) is 43.7 Å². The number of benzene rings is 2. The number of piperidine rings is 1. The SMILES string of the molecule is COc1ccc(CNC(=O)CCC2CCCN(Cc3cccc(SC)c3)C2)c(OC)c1. The summed E-state index contributed by atoms with van der Waals surface area (Å²) in [5.74, 6) is 2.16.